The first-order valence-electron chi connectivity index (χ1n) is 2.79. The topological polar surface area (TPSA) is 95.0 Å². The Morgan fingerprint density at radius 1 is 1.73 bits per heavy atom. The Hall–Kier alpha value is -1.04. The molecule has 0 aromatic carbocycles. The van der Waals surface area contributed by atoms with Gasteiger partial charge in [0.1, 0.15) is 6.61 Å². The highest BCUT2D eigenvalue weighted by Gasteiger charge is 2.00. The molecule has 11 heavy (non-hydrogen) atoms. The molecule has 0 radical (unpaired) electrons. The zero-order valence-corrected chi connectivity index (χ0v) is 6.60. The van der Waals surface area contributed by atoms with Crippen LogP contribution < -0.4 is 11.1 Å². The fourth-order valence-corrected chi connectivity index (χ4v) is 0.738. The largest absolute Gasteiger partial charge is 0.459 e. The maximum atomic E-state index is 10.2. The van der Waals surface area contributed by atoms with Crippen LogP contribution in [0.3, 0.4) is 0 Å². The van der Waals surface area contributed by atoms with Crippen LogP contribution in [0.5, 0.6) is 0 Å². The molecule has 6 heteroatoms. The van der Waals surface area contributed by atoms with Crippen molar-refractivity contribution in [3.8, 4) is 0 Å². The van der Waals surface area contributed by atoms with Gasteiger partial charge in [0.15, 0.2) is 0 Å². The van der Waals surface area contributed by atoms with Crippen LogP contribution in [0.4, 0.5) is 0 Å². The number of rotatable bonds is 4. The van der Waals surface area contributed by atoms with E-state index in [0.29, 0.717) is 5.75 Å². The van der Waals surface area contributed by atoms with E-state index in [0.717, 1.165) is 11.8 Å². The second-order valence-electron chi connectivity index (χ2n) is 1.54. The molecular weight excluding hydrogens is 168 g/mol. The second kappa shape index (κ2) is 5.72. The third-order valence-electron chi connectivity index (χ3n) is 0.693. The number of hydrogen-bond donors (Lipinski definition) is 2. The maximum absolute atomic E-state index is 10.2. The van der Waals surface area contributed by atoms with Gasteiger partial charge in [0.2, 0.25) is 6.29 Å². The average Bonchev–Trinajstić information content (AvgIpc) is 1.97. The van der Waals surface area contributed by atoms with Crippen LogP contribution in [0.15, 0.2) is 0 Å². The molecule has 0 saturated carbocycles. The number of carbonyl (C=O) groups excluding carboxylic acids is 2. The van der Waals surface area contributed by atoms with Crippen LogP contribution in [-0.4, -0.2) is 29.8 Å². The first-order valence-corrected chi connectivity index (χ1v) is 3.78. The summed E-state index contributed by atoms with van der Waals surface area (Å²) >= 11 is 1.16. The summed E-state index contributed by atoms with van der Waals surface area (Å²) in [5.74, 6) is -0.414. The van der Waals surface area contributed by atoms with Gasteiger partial charge in [0.05, 0.1) is 0 Å². The van der Waals surface area contributed by atoms with E-state index in [2.05, 4.69) is 4.74 Å². The quantitative estimate of drug-likeness (QED) is 0.124. The normalized spacial score (nSPS) is 8.73. The van der Waals surface area contributed by atoms with E-state index in [1.165, 1.54) is 0 Å². The van der Waals surface area contributed by atoms with Crippen LogP contribution >= 0.6 is 11.8 Å². The van der Waals surface area contributed by atoms with E-state index in [9.17, 15) is 9.59 Å². The van der Waals surface area contributed by atoms with Gasteiger partial charge in [-0.3, -0.25) is 15.9 Å². The molecule has 0 saturated heterocycles. The number of thioether (sulfide) groups is 1. The molecule has 0 heterocycles. The molecule has 0 aliphatic heterocycles. The molecule has 0 rings (SSSR count). The summed E-state index contributed by atoms with van der Waals surface area (Å²) < 4.78 is 4.39. The van der Waals surface area contributed by atoms with Gasteiger partial charge in [0, 0.05) is 5.75 Å². The van der Waals surface area contributed by atoms with Crippen molar-refractivity contribution in [3.05, 3.63) is 0 Å². The Kier molecular flexibility index (Phi) is 5.18. The van der Waals surface area contributed by atoms with Gasteiger partial charge in [-0.25, -0.2) is 4.79 Å². The van der Waals surface area contributed by atoms with E-state index < -0.39 is 5.97 Å². The van der Waals surface area contributed by atoms with E-state index >= 15 is 0 Å². The number of hydrogen-bond acceptors (Lipinski definition) is 4. The van der Waals surface area contributed by atoms with Gasteiger partial charge >= 0.3 is 5.97 Å². The van der Waals surface area contributed by atoms with Crippen LogP contribution in [0, 0.1) is 0 Å². The molecule has 62 valence electrons. The minimum atomic E-state index is -0.874. The van der Waals surface area contributed by atoms with E-state index in [1.807, 2.05) is 0 Å². The third kappa shape index (κ3) is 6.85. The number of nitrogens with two attached hydrogens (primary N) is 2. The lowest BCUT2D eigenvalue weighted by Gasteiger charge is -1.96. The Morgan fingerprint density at radius 2 is 2.36 bits per heavy atom. The summed E-state index contributed by atoms with van der Waals surface area (Å²) in [7, 11) is 0. The van der Waals surface area contributed by atoms with Crippen molar-refractivity contribution >= 4 is 29.2 Å². The van der Waals surface area contributed by atoms with Crippen molar-refractivity contribution in [1.29, 1.82) is 0 Å². The number of ether oxygens (including phenoxy) is 1. The van der Waals surface area contributed by atoms with E-state index in [-0.39, 0.29) is 18.1 Å². The first kappa shape index (κ1) is 9.96. The highest BCUT2D eigenvalue weighted by atomic mass is 32.2. The number of amidine groups is 1. The molecule has 0 aliphatic carbocycles. The average molecular weight is 177 g/mol. The highest BCUT2D eigenvalue weighted by molar-refractivity contribution is 8.13. The number of aldehydes is 1. The van der Waals surface area contributed by atoms with Crippen molar-refractivity contribution in [2.24, 2.45) is 5.73 Å². The second-order valence-corrected chi connectivity index (χ2v) is 2.70. The van der Waals surface area contributed by atoms with E-state index in [4.69, 9.17) is 11.1 Å². The van der Waals surface area contributed by atoms with Gasteiger partial charge in [-0.2, -0.15) is 0 Å². The first-order chi connectivity index (χ1) is 5.16. The summed E-state index contributed by atoms with van der Waals surface area (Å²) in [5, 5.41) is 5.30. The van der Waals surface area contributed by atoms with E-state index in [1.54, 1.807) is 0 Å². The van der Waals surface area contributed by atoms with Crippen LogP contribution in [0.2, 0.25) is 0 Å². The van der Waals surface area contributed by atoms with Gasteiger partial charge in [-0.1, -0.05) is 0 Å². The molecule has 0 fully saturated rings. The molecule has 4 N–H and O–H groups in total. The van der Waals surface area contributed by atoms with Crippen molar-refractivity contribution in [3.63, 3.8) is 0 Å². The predicted molar refractivity (Wildman–Crippen MR) is 40.6 cm³/mol. The summed E-state index contributed by atoms with van der Waals surface area (Å²) in [6, 6.07) is 0. The van der Waals surface area contributed by atoms with Crippen molar-refractivity contribution in [2.75, 3.05) is 12.4 Å². The standard InChI is InChI=1S/C5H8N2O3S/c6-5(7)11-2-1-10-4(9)3-8/h3H,1-2H2,(H3,6,7)/p+1. The summed E-state index contributed by atoms with van der Waals surface area (Å²) in [5.41, 5.74) is 5.09. The van der Waals surface area contributed by atoms with Crippen molar-refractivity contribution < 1.29 is 19.7 Å². The SMILES string of the molecule is NC(=[NH2+])SCCOC(=O)C=O. The summed E-state index contributed by atoms with van der Waals surface area (Å²) in [4.78, 5) is 19.9. The third-order valence-corrected chi connectivity index (χ3v) is 1.40. The maximum Gasteiger partial charge on any atom is 0.371 e. The molecule has 0 amide bonds. The Bertz CT molecular complexity index is 171. The minimum absolute atomic E-state index is 0.111. The summed E-state index contributed by atoms with van der Waals surface area (Å²) in [6.07, 6.45) is 0.111. The highest BCUT2D eigenvalue weighted by Crippen LogP contribution is 1.94. The van der Waals surface area contributed by atoms with Crippen LogP contribution in [-0.2, 0) is 14.3 Å². The van der Waals surface area contributed by atoms with Crippen molar-refractivity contribution in [1.82, 2.24) is 0 Å². The summed E-state index contributed by atoms with van der Waals surface area (Å²) in [6.45, 7) is 0.139. The number of esters is 1. The van der Waals surface area contributed by atoms with Crippen LogP contribution in [0.1, 0.15) is 0 Å². The lowest BCUT2D eigenvalue weighted by molar-refractivity contribution is -0.148. The van der Waals surface area contributed by atoms with Crippen LogP contribution in [0.25, 0.3) is 0 Å². The molecule has 0 aromatic rings. The minimum Gasteiger partial charge on any atom is -0.459 e. The molecule has 0 unspecified atom stereocenters. The van der Waals surface area contributed by atoms with Gasteiger partial charge in [0.25, 0.3) is 5.17 Å². The molecule has 0 spiro atoms. The van der Waals surface area contributed by atoms with Gasteiger partial charge in [-0.15, -0.1) is 0 Å². The monoisotopic (exact) mass is 177 g/mol. The Morgan fingerprint density at radius 3 is 2.82 bits per heavy atom. The zero-order chi connectivity index (χ0) is 8.69. The molecule has 0 aromatic heterocycles. The van der Waals surface area contributed by atoms with Crippen molar-refractivity contribution in [2.45, 2.75) is 0 Å². The zero-order valence-electron chi connectivity index (χ0n) is 5.78. The fourth-order valence-electron chi connectivity index (χ4n) is 0.336. The molecule has 0 atom stereocenters. The molecule has 0 aliphatic rings. The molecule has 0 bridgehead atoms. The smallest absolute Gasteiger partial charge is 0.371 e. The Balaban J connectivity index is 3.21. The van der Waals surface area contributed by atoms with Gasteiger partial charge < -0.3 is 4.74 Å². The number of carbonyl (C=O) groups is 2. The lowest BCUT2D eigenvalue weighted by Crippen LogP contribution is -2.43. The fraction of sp³-hybridized carbons (Fsp3) is 0.400. The predicted octanol–water partition coefficient (Wildman–Crippen LogP) is -2.46. The van der Waals surface area contributed by atoms with Gasteiger partial charge in [-0.05, 0) is 11.8 Å². The lowest BCUT2D eigenvalue weighted by atomic mass is 10.7. The Labute approximate surface area is 67.8 Å². The molecular formula is C5H9N2O3S+. The molecule has 5 nitrogen and oxygen atoms in total.